The normalized spacial score (nSPS) is 12.7. The molecule has 0 aliphatic carbocycles. The molecule has 9 heteroatoms. The van der Waals surface area contributed by atoms with Crippen molar-refractivity contribution in [1.82, 2.24) is 14.7 Å². The van der Waals surface area contributed by atoms with E-state index in [1.807, 2.05) is 22.7 Å². The molecule has 0 aliphatic rings. The third kappa shape index (κ3) is 6.19. The molecule has 0 saturated heterocycles. The van der Waals surface area contributed by atoms with Crippen LogP contribution in [0.5, 0.6) is 0 Å². The van der Waals surface area contributed by atoms with Crippen molar-refractivity contribution in [3.63, 3.8) is 0 Å². The number of fused-ring (bicyclic) bond motifs is 1. The molecule has 2 aromatic carbocycles. The van der Waals surface area contributed by atoms with E-state index in [2.05, 4.69) is 32.2 Å². The number of hydrogen-bond donors (Lipinski definition) is 2. The molecule has 0 saturated carbocycles. The Labute approximate surface area is 234 Å². The van der Waals surface area contributed by atoms with Crippen molar-refractivity contribution in [3.8, 4) is 0 Å². The van der Waals surface area contributed by atoms with Gasteiger partial charge in [-0.05, 0) is 65.4 Å². The molecule has 0 radical (unpaired) electrons. The zero-order chi connectivity index (χ0) is 28.3. The van der Waals surface area contributed by atoms with E-state index >= 15 is 0 Å². The quantitative estimate of drug-likeness (QED) is 0.263. The van der Waals surface area contributed by atoms with E-state index in [1.54, 1.807) is 31.2 Å². The Bertz CT molecular complexity index is 1590. The maximum absolute atomic E-state index is 13.1. The SMILES string of the molecule is CCc1c(Cc2ccc(Cl)cc2C(C)C)nc2cc(C(=O)N[C@@H](CO)c3ccc(S(=O)(=O)CC)cc3)ccn12. The summed E-state index contributed by atoms with van der Waals surface area (Å²) in [5.74, 6) is -0.0324. The van der Waals surface area contributed by atoms with E-state index in [4.69, 9.17) is 16.6 Å². The number of carbonyl (C=O) groups is 1. The van der Waals surface area contributed by atoms with Crippen LogP contribution in [0.1, 0.15) is 78.1 Å². The highest BCUT2D eigenvalue weighted by Gasteiger charge is 2.19. The van der Waals surface area contributed by atoms with Crippen molar-refractivity contribution in [3.05, 3.63) is 99.5 Å². The Balaban J connectivity index is 1.59. The number of aromatic nitrogens is 2. The molecule has 2 N–H and O–H groups in total. The minimum Gasteiger partial charge on any atom is -0.394 e. The van der Waals surface area contributed by atoms with Gasteiger partial charge >= 0.3 is 0 Å². The molecule has 0 unspecified atom stereocenters. The van der Waals surface area contributed by atoms with Crippen molar-refractivity contribution in [2.24, 2.45) is 0 Å². The lowest BCUT2D eigenvalue weighted by atomic mass is 9.94. The number of carbonyl (C=O) groups excluding carboxylic acids is 1. The number of amides is 1. The number of hydrogen-bond acceptors (Lipinski definition) is 5. The maximum atomic E-state index is 13.1. The van der Waals surface area contributed by atoms with Crippen molar-refractivity contribution < 1.29 is 18.3 Å². The molecule has 39 heavy (non-hydrogen) atoms. The smallest absolute Gasteiger partial charge is 0.252 e. The summed E-state index contributed by atoms with van der Waals surface area (Å²) in [5, 5.41) is 13.5. The fourth-order valence-electron chi connectivity index (χ4n) is 4.80. The molecule has 2 heterocycles. The van der Waals surface area contributed by atoms with Gasteiger partial charge in [-0.3, -0.25) is 4.79 Å². The van der Waals surface area contributed by atoms with Crippen LogP contribution in [-0.2, 0) is 22.7 Å². The molecule has 2 aromatic heterocycles. The summed E-state index contributed by atoms with van der Waals surface area (Å²) in [6.45, 7) is 7.63. The second-order valence-corrected chi connectivity index (χ2v) is 12.6. The number of imidazole rings is 1. The van der Waals surface area contributed by atoms with Crippen LogP contribution in [0, 0.1) is 0 Å². The van der Waals surface area contributed by atoms with Crippen LogP contribution >= 0.6 is 11.6 Å². The van der Waals surface area contributed by atoms with Crippen molar-refractivity contribution in [1.29, 1.82) is 0 Å². The van der Waals surface area contributed by atoms with Gasteiger partial charge in [0.1, 0.15) is 5.65 Å². The van der Waals surface area contributed by atoms with Crippen LogP contribution in [0.4, 0.5) is 0 Å². The number of aryl methyl sites for hydroxylation is 1. The highest BCUT2D eigenvalue weighted by Crippen LogP contribution is 2.27. The monoisotopic (exact) mass is 567 g/mol. The predicted molar refractivity (Wildman–Crippen MR) is 154 cm³/mol. The van der Waals surface area contributed by atoms with Gasteiger partial charge in [-0.2, -0.15) is 0 Å². The van der Waals surface area contributed by atoms with Crippen LogP contribution < -0.4 is 5.32 Å². The van der Waals surface area contributed by atoms with Gasteiger partial charge in [0.2, 0.25) is 0 Å². The minimum absolute atomic E-state index is 0.00279. The lowest BCUT2D eigenvalue weighted by Gasteiger charge is -2.17. The van der Waals surface area contributed by atoms with E-state index < -0.39 is 15.9 Å². The van der Waals surface area contributed by atoms with Gasteiger partial charge in [0, 0.05) is 28.9 Å². The van der Waals surface area contributed by atoms with Gasteiger partial charge in [0.25, 0.3) is 5.91 Å². The van der Waals surface area contributed by atoms with Crippen LogP contribution in [-0.4, -0.2) is 41.2 Å². The summed E-state index contributed by atoms with van der Waals surface area (Å²) in [4.78, 5) is 18.2. The third-order valence-electron chi connectivity index (χ3n) is 7.00. The zero-order valence-electron chi connectivity index (χ0n) is 22.6. The van der Waals surface area contributed by atoms with Gasteiger partial charge < -0.3 is 14.8 Å². The van der Waals surface area contributed by atoms with Crippen LogP contribution in [0.3, 0.4) is 0 Å². The van der Waals surface area contributed by atoms with Crippen molar-refractivity contribution in [2.75, 3.05) is 12.4 Å². The van der Waals surface area contributed by atoms with Crippen molar-refractivity contribution in [2.45, 2.75) is 57.4 Å². The Morgan fingerprint density at radius 3 is 2.41 bits per heavy atom. The first kappa shape index (κ1) is 28.8. The second kappa shape index (κ2) is 11.9. The van der Waals surface area contributed by atoms with E-state index in [9.17, 15) is 18.3 Å². The fraction of sp³-hybridized carbons (Fsp3) is 0.333. The van der Waals surface area contributed by atoms with Gasteiger partial charge in [-0.25, -0.2) is 13.4 Å². The summed E-state index contributed by atoms with van der Waals surface area (Å²) in [6.07, 6.45) is 3.29. The van der Waals surface area contributed by atoms with E-state index in [1.165, 1.54) is 23.3 Å². The molecule has 0 aliphatic heterocycles. The topological polar surface area (TPSA) is 101 Å². The average Bonchev–Trinajstić information content (AvgIpc) is 3.28. The molecule has 7 nitrogen and oxygen atoms in total. The molecular formula is C30H34ClN3O4S. The Kier molecular flexibility index (Phi) is 8.79. The van der Waals surface area contributed by atoms with Crippen LogP contribution in [0.25, 0.3) is 5.65 Å². The third-order valence-corrected chi connectivity index (χ3v) is 8.99. The predicted octanol–water partition coefficient (Wildman–Crippen LogP) is 5.52. The average molecular weight is 568 g/mol. The number of aliphatic hydroxyl groups excluding tert-OH is 1. The fourth-order valence-corrected chi connectivity index (χ4v) is 5.86. The number of halogens is 1. The first-order chi connectivity index (χ1) is 18.6. The number of rotatable bonds is 10. The lowest BCUT2D eigenvalue weighted by molar-refractivity contribution is 0.0916. The first-order valence-electron chi connectivity index (χ1n) is 13.1. The number of sulfone groups is 1. The molecule has 0 bridgehead atoms. The number of benzene rings is 2. The zero-order valence-corrected chi connectivity index (χ0v) is 24.2. The molecule has 206 valence electrons. The molecular weight excluding hydrogens is 534 g/mol. The Morgan fingerprint density at radius 1 is 1.08 bits per heavy atom. The van der Waals surface area contributed by atoms with E-state index in [-0.39, 0.29) is 23.2 Å². The van der Waals surface area contributed by atoms with Crippen LogP contribution in [0.15, 0.2) is 65.7 Å². The number of nitrogens with one attached hydrogen (secondary N) is 1. The van der Waals surface area contributed by atoms with E-state index in [0.717, 1.165) is 17.8 Å². The molecule has 4 aromatic rings. The largest absolute Gasteiger partial charge is 0.394 e. The summed E-state index contributed by atoms with van der Waals surface area (Å²) < 4.78 is 26.2. The lowest BCUT2D eigenvalue weighted by Crippen LogP contribution is -2.30. The number of pyridine rings is 1. The summed E-state index contributed by atoms with van der Waals surface area (Å²) >= 11 is 6.25. The van der Waals surface area contributed by atoms with E-state index in [0.29, 0.717) is 34.1 Å². The molecule has 4 rings (SSSR count). The summed E-state index contributed by atoms with van der Waals surface area (Å²) in [6, 6.07) is 15.0. The Hall–Kier alpha value is -3.20. The highest BCUT2D eigenvalue weighted by molar-refractivity contribution is 7.91. The minimum atomic E-state index is -3.33. The standard InChI is InChI=1S/C30H34ClN3O4S/c1-5-28-26(15-21-7-10-23(31)17-25(21)19(3)4)32-29-16-22(13-14-34(28)29)30(36)33-27(18-35)20-8-11-24(12-9-20)39(37,38)6-2/h7-14,16-17,19,27,35H,5-6,15,18H2,1-4H3,(H,33,36)/t27-/m0/s1. The molecule has 0 spiro atoms. The Morgan fingerprint density at radius 2 is 1.79 bits per heavy atom. The van der Waals surface area contributed by atoms with Crippen molar-refractivity contribution >= 4 is 33.0 Å². The van der Waals surface area contributed by atoms with Crippen LogP contribution in [0.2, 0.25) is 5.02 Å². The molecule has 1 atom stereocenters. The molecule has 1 amide bonds. The van der Waals surface area contributed by atoms with Gasteiger partial charge in [-0.15, -0.1) is 0 Å². The molecule has 0 fully saturated rings. The maximum Gasteiger partial charge on any atom is 0.252 e. The van der Waals surface area contributed by atoms with Gasteiger partial charge in [-0.1, -0.05) is 57.5 Å². The highest BCUT2D eigenvalue weighted by atomic mass is 35.5. The first-order valence-corrected chi connectivity index (χ1v) is 15.1. The van der Waals surface area contributed by atoms with Gasteiger partial charge in [0.05, 0.1) is 29.0 Å². The second-order valence-electron chi connectivity index (χ2n) is 9.86. The van der Waals surface area contributed by atoms with Gasteiger partial charge in [0.15, 0.2) is 9.84 Å². The number of nitrogens with zero attached hydrogens (tertiary/aromatic N) is 2. The number of aliphatic hydroxyl groups is 1. The summed E-state index contributed by atoms with van der Waals surface area (Å²) in [5.41, 5.74) is 6.10. The summed E-state index contributed by atoms with van der Waals surface area (Å²) in [7, 11) is -3.33.